The van der Waals surface area contributed by atoms with Crippen molar-refractivity contribution >= 4 is 25.8 Å². The highest BCUT2D eigenvalue weighted by atomic mass is 79.9. The van der Waals surface area contributed by atoms with Gasteiger partial charge in [-0.25, -0.2) is 8.42 Å². The average molecular weight is 363 g/mol. The van der Waals surface area contributed by atoms with Gasteiger partial charge in [0.15, 0.2) is 9.84 Å². The fraction of sp³-hybridized carbons (Fsp3) is 0.571. The van der Waals surface area contributed by atoms with Crippen LogP contribution in [0.25, 0.3) is 0 Å². The summed E-state index contributed by atoms with van der Waals surface area (Å²) >= 11 is 3.40. The van der Waals surface area contributed by atoms with Crippen molar-refractivity contribution in [2.24, 2.45) is 5.92 Å². The second-order valence-electron chi connectivity index (χ2n) is 5.32. The summed E-state index contributed by atoms with van der Waals surface area (Å²) in [5.41, 5.74) is 0.926. The predicted molar refractivity (Wildman–Crippen MR) is 81.8 cm³/mol. The van der Waals surface area contributed by atoms with Gasteiger partial charge in [-0.2, -0.15) is 0 Å². The molecule has 20 heavy (non-hydrogen) atoms. The molecule has 0 radical (unpaired) electrons. The summed E-state index contributed by atoms with van der Waals surface area (Å²) in [5.74, 6) is 1.28. The van der Waals surface area contributed by atoms with Gasteiger partial charge < -0.3 is 9.84 Å². The molecule has 6 heteroatoms. The fourth-order valence-corrected chi connectivity index (χ4v) is 4.98. The van der Waals surface area contributed by atoms with Crippen LogP contribution in [0.5, 0.6) is 5.75 Å². The number of rotatable bonds is 5. The smallest absolute Gasteiger partial charge is 0.150 e. The molecule has 0 aliphatic carbocycles. The molecule has 1 N–H and O–H groups in total. The number of ether oxygens (including phenoxy) is 1. The number of hydrogen-bond donors (Lipinski definition) is 1. The van der Waals surface area contributed by atoms with Crippen LogP contribution in [-0.4, -0.2) is 38.2 Å². The van der Waals surface area contributed by atoms with E-state index in [2.05, 4.69) is 15.9 Å². The number of sulfone groups is 1. The van der Waals surface area contributed by atoms with Crippen LogP contribution in [0.4, 0.5) is 0 Å². The van der Waals surface area contributed by atoms with Crippen LogP contribution in [-0.2, 0) is 16.3 Å². The molecule has 112 valence electrons. The van der Waals surface area contributed by atoms with Crippen LogP contribution in [0.1, 0.15) is 18.4 Å². The first-order valence-corrected chi connectivity index (χ1v) is 9.22. The Hall–Kier alpha value is -0.590. The zero-order valence-electron chi connectivity index (χ0n) is 11.4. The number of aliphatic hydroxyl groups is 1. The predicted octanol–water partition coefficient (Wildman–Crippen LogP) is 2.19. The van der Waals surface area contributed by atoms with E-state index in [0.717, 1.165) is 15.8 Å². The highest BCUT2D eigenvalue weighted by molar-refractivity contribution is 9.10. The Bertz CT molecular complexity index is 571. The Morgan fingerprint density at radius 2 is 2.25 bits per heavy atom. The average Bonchev–Trinajstić information content (AvgIpc) is 2.68. The highest BCUT2D eigenvalue weighted by Crippen LogP contribution is 2.27. The van der Waals surface area contributed by atoms with Crippen LogP contribution in [0.3, 0.4) is 0 Å². The van der Waals surface area contributed by atoms with Gasteiger partial charge in [-0.15, -0.1) is 0 Å². The molecule has 0 aromatic heterocycles. The molecule has 1 fully saturated rings. The van der Waals surface area contributed by atoms with E-state index in [1.807, 2.05) is 18.2 Å². The van der Waals surface area contributed by atoms with Crippen molar-refractivity contribution in [1.29, 1.82) is 0 Å². The van der Waals surface area contributed by atoms with Crippen LogP contribution < -0.4 is 4.74 Å². The third-order valence-electron chi connectivity index (χ3n) is 3.63. The lowest BCUT2D eigenvalue weighted by molar-refractivity contribution is 0.146. The van der Waals surface area contributed by atoms with E-state index in [4.69, 9.17) is 4.74 Å². The van der Waals surface area contributed by atoms with Crippen LogP contribution in [0, 0.1) is 5.92 Å². The van der Waals surface area contributed by atoms with E-state index in [0.29, 0.717) is 19.3 Å². The van der Waals surface area contributed by atoms with Crippen LogP contribution >= 0.6 is 15.9 Å². The molecule has 2 unspecified atom stereocenters. The Morgan fingerprint density at radius 3 is 2.85 bits per heavy atom. The highest BCUT2D eigenvalue weighted by Gasteiger charge is 2.29. The van der Waals surface area contributed by atoms with Gasteiger partial charge in [0.25, 0.3) is 0 Å². The Kier molecular flexibility index (Phi) is 5.09. The lowest BCUT2D eigenvalue weighted by Crippen LogP contribution is -2.17. The van der Waals surface area contributed by atoms with Gasteiger partial charge in [0.05, 0.1) is 24.7 Å². The van der Waals surface area contributed by atoms with E-state index in [-0.39, 0.29) is 17.4 Å². The first-order valence-electron chi connectivity index (χ1n) is 6.60. The normalized spacial score (nSPS) is 22.6. The molecule has 0 spiro atoms. The number of hydrogen-bond acceptors (Lipinski definition) is 4. The van der Waals surface area contributed by atoms with E-state index < -0.39 is 15.9 Å². The fourth-order valence-electron chi connectivity index (χ4n) is 2.69. The van der Waals surface area contributed by atoms with Gasteiger partial charge in [0.1, 0.15) is 5.75 Å². The minimum absolute atomic E-state index is 0.0770. The molecule has 4 nitrogen and oxygen atoms in total. The molecule has 1 aliphatic rings. The van der Waals surface area contributed by atoms with E-state index >= 15 is 0 Å². The minimum Gasteiger partial charge on any atom is -0.496 e. The Morgan fingerprint density at radius 1 is 1.50 bits per heavy atom. The van der Waals surface area contributed by atoms with Gasteiger partial charge in [0, 0.05) is 10.9 Å². The van der Waals surface area contributed by atoms with Crippen molar-refractivity contribution in [3.63, 3.8) is 0 Å². The zero-order chi connectivity index (χ0) is 14.8. The van der Waals surface area contributed by atoms with Crippen LogP contribution in [0.2, 0.25) is 0 Å². The molecule has 1 aromatic carbocycles. The molecule has 2 rings (SSSR count). The Labute approximate surface area is 128 Å². The van der Waals surface area contributed by atoms with Gasteiger partial charge >= 0.3 is 0 Å². The van der Waals surface area contributed by atoms with Crippen molar-refractivity contribution in [2.75, 3.05) is 18.6 Å². The standard InChI is InChI=1S/C14H19BrO4S/c1-19-14-3-2-12(15)7-11(14)8-13(16)6-10-4-5-20(17,18)9-10/h2-3,7,10,13,16H,4-6,8-9H2,1H3. The first-order chi connectivity index (χ1) is 9.39. The van der Waals surface area contributed by atoms with Crippen molar-refractivity contribution in [2.45, 2.75) is 25.4 Å². The summed E-state index contributed by atoms with van der Waals surface area (Å²) in [4.78, 5) is 0. The molecular formula is C14H19BrO4S. The van der Waals surface area contributed by atoms with Crippen molar-refractivity contribution < 1.29 is 18.3 Å². The van der Waals surface area contributed by atoms with Crippen LogP contribution in [0.15, 0.2) is 22.7 Å². The zero-order valence-corrected chi connectivity index (χ0v) is 13.8. The molecular weight excluding hydrogens is 344 g/mol. The number of benzene rings is 1. The van der Waals surface area contributed by atoms with E-state index in [1.54, 1.807) is 7.11 Å². The summed E-state index contributed by atoms with van der Waals surface area (Å²) in [6.45, 7) is 0. The maximum atomic E-state index is 11.4. The Balaban J connectivity index is 1.98. The molecule has 0 saturated carbocycles. The SMILES string of the molecule is COc1ccc(Br)cc1CC(O)CC1CCS(=O)(=O)C1. The van der Waals surface area contributed by atoms with Gasteiger partial charge in [-0.3, -0.25) is 0 Å². The van der Waals surface area contributed by atoms with Gasteiger partial charge in [-0.05, 0) is 42.5 Å². The molecule has 2 atom stereocenters. The number of halogens is 1. The summed E-state index contributed by atoms with van der Waals surface area (Å²) < 4.78 is 29.0. The topological polar surface area (TPSA) is 63.6 Å². The van der Waals surface area contributed by atoms with Gasteiger partial charge in [0.2, 0.25) is 0 Å². The summed E-state index contributed by atoms with van der Waals surface area (Å²) in [6.07, 6.45) is 1.11. The maximum Gasteiger partial charge on any atom is 0.150 e. The third kappa shape index (κ3) is 4.20. The lowest BCUT2D eigenvalue weighted by Gasteiger charge is -2.16. The second kappa shape index (κ2) is 6.45. The molecule has 0 amide bonds. The molecule has 1 aromatic rings. The molecule has 1 aliphatic heterocycles. The number of aliphatic hydroxyl groups excluding tert-OH is 1. The molecule has 0 bridgehead atoms. The number of methoxy groups -OCH3 is 1. The van der Waals surface area contributed by atoms with Crippen molar-refractivity contribution in [3.8, 4) is 5.75 Å². The third-order valence-corrected chi connectivity index (χ3v) is 5.96. The minimum atomic E-state index is -2.88. The quantitative estimate of drug-likeness (QED) is 0.871. The molecule has 1 saturated heterocycles. The largest absolute Gasteiger partial charge is 0.496 e. The van der Waals surface area contributed by atoms with E-state index in [1.165, 1.54) is 0 Å². The van der Waals surface area contributed by atoms with Crippen molar-refractivity contribution in [1.82, 2.24) is 0 Å². The molecule has 1 heterocycles. The summed E-state index contributed by atoms with van der Waals surface area (Å²) in [6, 6.07) is 5.66. The second-order valence-corrected chi connectivity index (χ2v) is 8.46. The monoisotopic (exact) mass is 362 g/mol. The summed E-state index contributed by atoms with van der Waals surface area (Å²) in [7, 11) is -1.28. The van der Waals surface area contributed by atoms with Crippen molar-refractivity contribution in [3.05, 3.63) is 28.2 Å². The lowest BCUT2D eigenvalue weighted by atomic mass is 9.96. The van der Waals surface area contributed by atoms with E-state index in [9.17, 15) is 13.5 Å². The first kappa shape index (κ1) is 15.8. The maximum absolute atomic E-state index is 11.4. The summed E-state index contributed by atoms with van der Waals surface area (Å²) in [5, 5.41) is 10.2. The van der Waals surface area contributed by atoms with Gasteiger partial charge in [-0.1, -0.05) is 15.9 Å².